The van der Waals surface area contributed by atoms with Crippen molar-refractivity contribution in [2.24, 2.45) is 0 Å². The summed E-state index contributed by atoms with van der Waals surface area (Å²) in [5.74, 6) is 0.537. The number of benzene rings is 8. The van der Waals surface area contributed by atoms with Gasteiger partial charge >= 0.3 is 0 Å². The average Bonchev–Trinajstić information content (AvgIpc) is 1.64. The highest BCUT2D eigenvalue weighted by atomic mass is 35.5. The maximum absolute atomic E-state index is 13.6. The van der Waals surface area contributed by atoms with Crippen LogP contribution in [-0.4, -0.2) is 61.8 Å². The predicted molar refractivity (Wildman–Crippen MR) is 521 cm³/mol. The Bertz CT molecular complexity index is 6650. The third-order valence-corrected chi connectivity index (χ3v) is 26.3. The molecule has 8 heterocycles. The standard InChI is InChI=1S/C28H28FN3O2.2C27H25ClFN3O2.C27H26FN3O2/c1-18-8-13-23(19(2)16-18)31-28(33)25-15-14-24(34-25)27-26(20-9-11-21(29)12-10-20)30-17-32(27)22-6-4-3-5-7-22;1-17-7-12-20(15-22(17)28)31-27(33)24-14-13-23(34-24)26-25(18-8-10-19(29)11-9-18)30-16-32(26)21-5-3-2-4-6-21;1-17-7-12-22(21(28)15-17)31-27(33)24-14-13-23(34-24)26-25(18-8-10-19(29)11-9-18)30-16-32(26)20-5-3-2-4-6-20;1-18-7-5-6-10-22(18)30-27(32)24-16-15-23(33-24)26-25(19-11-13-20(28)14-12-19)29-17-31(26)21-8-3-2-4-9-21/h8-17,22H,3-7H2,1-2H3,(H,31,33);7-16,21H,2-6H2,1H3,(H,31,33);7-16,20H,2-6H2,1H3,(H,31,33);5-7,10-17,21H,2-4,8-9H2,1H3,(H,30,32). The average molecular weight is 1860 g/mol. The van der Waals surface area contributed by atoms with Gasteiger partial charge < -0.3 is 57.2 Å². The van der Waals surface area contributed by atoms with Crippen molar-refractivity contribution in [2.75, 3.05) is 21.3 Å². The van der Waals surface area contributed by atoms with E-state index in [0.29, 0.717) is 80.0 Å². The van der Waals surface area contributed by atoms with Crippen LogP contribution >= 0.6 is 23.2 Å². The van der Waals surface area contributed by atoms with E-state index in [0.717, 1.165) is 160 Å². The van der Waals surface area contributed by atoms with E-state index in [1.54, 1.807) is 109 Å². The topological polar surface area (TPSA) is 240 Å². The van der Waals surface area contributed by atoms with Gasteiger partial charge in [0.15, 0.2) is 46.1 Å². The number of hydrogen-bond donors (Lipinski definition) is 4. The molecule has 0 bridgehead atoms. The number of para-hydroxylation sites is 1. The van der Waals surface area contributed by atoms with E-state index in [1.165, 1.54) is 113 Å². The lowest BCUT2D eigenvalue weighted by Crippen LogP contribution is -2.13. The number of imidazole rings is 4. The third-order valence-electron chi connectivity index (χ3n) is 25.6. The van der Waals surface area contributed by atoms with E-state index in [-0.39, 0.29) is 69.9 Å². The fraction of sp³-hybridized carbons (Fsp3) is 0.266. The Morgan fingerprint density at radius 1 is 0.296 bits per heavy atom. The summed E-state index contributed by atoms with van der Waals surface area (Å²) in [5, 5.41) is 12.6. The first-order valence-electron chi connectivity index (χ1n) is 46.2. The van der Waals surface area contributed by atoms with Crippen molar-refractivity contribution in [3.63, 3.8) is 0 Å². The van der Waals surface area contributed by atoms with Gasteiger partial charge in [0.05, 0.1) is 58.8 Å². The Morgan fingerprint density at radius 2 is 0.593 bits per heavy atom. The van der Waals surface area contributed by atoms with Crippen LogP contribution in [0.1, 0.15) is 223 Å². The molecule has 135 heavy (non-hydrogen) atoms. The van der Waals surface area contributed by atoms with Crippen LogP contribution in [0, 0.1) is 57.9 Å². The van der Waals surface area contributed by atoms with Crippen molar-refractivity contribution in [3.05, 3.63) is 334 Å². The Labute approximate surface area is 790 Å². The molecule has 0 aliphatic heterocycles. The van der Waals surface area contributed by atoms with Gasteiger partial charge in [-0.05, 0) is 290 Å². The molecule has 0 saturated heterocycles. The minimum Gasteiger partial charge on any atom is -0.449 e. The number of amides is 4. The summed E-state index contributed by atoms with van der Waals surface area (Å²) >= 11 is 12.5. The van der Waals surface area contributed by atoms with Crippen LogP contribution in [-0.2, 0) is 0 Å². The first-order valence-corrected chi connectivity index (χ1v) is 47.0. The highest BCUT2D eigenvalue weighted by Crippen LogP contribution is 2.45. The number of nitrogens with zero attached hydrogens (tertiary/aromatic N) is 8. The zero-order valence-electron chi connectivity index (χ0n) is 75.7. The van der Waals surface area contributed by atoms with E-state index >= 15 is 0 Å². The minimum atomic E-state index is -0.385. The SMILES string of the molecule is Cc1ccc(NC(=O)c2ccc(-c3c(-c4ccc(F)cc4)ncn3C3CCCCC3)o2)c(C)c1.Cc1ccc(NC(=O)c2ccc(-c3c(-c4ccc(F)cc4)ncn3C3CCCCC3)o2)c(Cl)c1.Cc1ccc(NC(=O)c2ccc(-c3c(-c4ccc(F)cc4)ncn3C3CCCCC3)o2)cc1Cl.Cc1ccccc1NC(=O)c1ccc(-c2c(-c3ccc(F)cc3)ncn2C2CCCCC2)o1. The highest BCUT2D eigenvalue weighted by molar-refractivity contribution is 6.34. The highest BCUT2D eigenvalue weighted by Gasteiger charge is 2.32. The number of nitrogens with one attached hydrogen (secondary N) is 4. The van der Waals surface area contributed by atoms with Crippen molar-refractivity contribution in [1.29, 1.82) is 0 Å². The Kier molecular flexibility index (Phi) is 29.1. The van der Waals surface area contributed by atoms with Gasteiger partial charge in [-0.15, -0.1) is 0 Å². The molecule has 0 unspecified atom stereocenters. The number of furan rings is 4. The molecule has 4 N–H and O–H groups in total. The van der Waals surface area contributed by atoms with E-state index in [2.05, 4.69) is 59.5 Å². The van der Waals surface area contributed by atoms with Crippen LogP contribution in [0.4, 0.5) is 40.3 Å². The van der Waals surface area contributed by atoms with Crippen molar-refractivity contribution >= 4 is 69.6 Å². The van der Waals surface area contributed by atoms with E-state index in [9.17, 15) is 36.7 Å². The summed E-state index contributed by atoms with van der Waals surface area (Å²) in [4.78, 5) is 70.3. The first-order chi connectivity index (χ1) is 65.6. The van der Waals surface area contributed by atoms with Gasteiger partial charge in [-0.3, -0.25) is 19.2 Å². The fourth-order valence-corrected chi connectivity index (χ4v) is 18.9. The van der Waals surface area contributed by atoms with Gasteiger partial charge in [0, 0.05) is 68.5 Å². The smallest absolute Gasteiger partial charge is 0.291 e. The second-order valence-corrected chi connectivity index (χ2v) is 36.0. The quantitative estimate of drug-likeness (QED) is 0.0521. The van der Waals surface area contributed by atoms with Gasteiger partial charge in [-0.1, -0.05) is 148 Å². The molecule has 0 spiro atoms. The maximum Gasteiger partial charge on any atom is 0.291 e. The van der Waals surface area contributed by atoms with Gasteiger partial charge in [0.25, 0.3) is 23.6 Å². The molecule has 0 radical (unpaired) electrons. The molecule has 4 aliphatic carbocycles. The molecule has 4 saturated carbocycles. The summed E-state index contributed by atoms with van der Waals surface area (Å²) in [6.45, 7) is 9.77. The van der Waals surface area contributed by atoms with Crippen LogP contribution in [0.15, 0.2) is 267 Å². The summed E-state index contributed by atoms with van der Waals surface area (Å²) in [6.07, 6.45) is 30.2. The normalized spacial score (nSPS) is 14.3. The second-order valence-electron chi connectivity index (χ2n) is 35.1. The van der Waals surface area contributed by atoms with Crippen LogP contribution in [0.5, 0.6) is 0 Å². The number of hydrogen-bond acceptors (Lipinski definition) is 12. The molecule has 16 aromatic rings. The number of aromatic nitrogens is 8. The maximum atomic E-state index is 13.6. The fourth-order valence-electron chi connectivity index (χ4n) is 18.4. The van der Waals surface area contributed by atoms with Gasteiger partial charge in [0.1, 0.15) is 46.0 Å². The molecule has 20 rings (SSSR count). The van der Waals surface area contributed by atoms with Crippen LogP contribution < -0.4 is 21.3 Å². The van der Waals surface area contributed by atoms with E-state index < -0.39 is 0 Å². The molecule has 20 nitrogen and oxygen atoms in total. The van der Waals surface area contributed by atoms with E-state index in [1.807, 2.05) is 127 Å². The molecule has 690 valence electrons. The van der Waals surface area contributed by atoms with Gasteiger partial charge in [-0.2, -0.15) is 0 Å². The number of carbonyl (C=O) groups is 4. The second kappa shape index (κ2) is 42.4. The monoisotopic (exact) mass is 1850 g/mol. The third kappa shape index (κ3) is 21.9. The first kappa shape index (κ1) is 92.7. The minimum absolute atomic E-state index is 0.174. The zero-order valence-corrected chi connectivity index (χ0v) is 77.2. The lowest BCUT2D eigenvalue weighted by molar-refractivity contribution is 0.0990. The lowest BCUT2D eigenvalue weighted by atomic mass is 9.95. The molecule has 8 aromatic heterocycles. The molecular weight excluding hydrogens is 1750 g/mol. The molecular formula is C109H104Cl2F4N12O8. The zero-order chi connectivity index (χ0) is 93.8. The van der Waals surface area contributed by atoms with Crippen molar-refractivity contribution in [1.82, 2.24) is 38.2 Å². The summed E-state index contributed by atoms with van der Waals surface area (Å²) in [7, 11) is 0. The molecule has 4 aliphatic rings. The number of anilines is 4. The predicted octanol–water partition coefficient (Wildman–Crippen LogP) is 29.7. The largest absolute Gasteiger partial charge is 0.449 e. The van der Waals surface area contributed by atoms with Crippen LogP contribution in [0.2, 0.25) is 10.0 Å². The molecule has 4 fully saturated rings. The van der Waals surface area contributed by atoms with Crippen molar-refractivity contribution in [2.45, 2.75) is 187 Å². The van der Waals surface area contributed by atoms with E-state index in [4.69, 9.17) is 40.9 Å². The number of aryl methyl sites for hydroxylation is 5. The van der Waals surface area contributed by atoms with Gasteiger partial charge in [-0.25, -0.2) is 37.5 Å². The summed E-state index contributed by atoms with van der Waals surface area (Å²) in [6, 6.07) is 64.7. The Hall–Kier alpha value is -14.1. The molecule has 4 amide bonds. The molecule has 8 aromatic carbocycles. The van der Waals surface area contributed by atoms with Crippen molar-refractivity contribution < 1.29 is 54.4 Å². The lowest BCUT2D eigenvalue weighted by Gasteiger charge is -2.24. The Morgan fingerprint density at radius 3 is 0.904 bits per heavy atom. The molecule has 0 atom stereocenters. The summed E-state index contributed by atoms with van der Waals surface area (Å²) < 4.78 is 87.1. The Balaban J connectivity index is 0.000000125. The van der Waals surface area contributed by atoms with Crippen LogP contribution in [0.3, 0.4) is 0 Å². The van der Waals surface area contributed by atoms with Gasteiger partial charge in [0.2, 0.25) is 0 Å². The van der Waals surface area contributed by atoms with Crippen LogP contribution in [0.25, 0.3) is 90.8 Å². The number of carbonyl (C=O) groups excluding carboxylic acids is 4. The van der Waals surface area contributed by atoms with Crippen molar-refractivity contribution in [3.8, 4) is 90.8 Å². The summed E-state index contributed by atoms with van der Waals surface area (Å²) in [5.41, 5.74) is 17.0. The molecule has 26 heteroatoms. The number of halogens is 6. The number of rotatable bonds is 20.